The van der Waals surface area contributed by atoms with Gasteiger partial charge in [-0.3, -0.25) is 13.9 Å². The first-order chi connectivity index (χ1) is 18.9. The molecule has 0 aliphatic rings. The van der Waals surface area contributed by atoms with Crippen LogP contribution in [-0.4, -0.2) is 44.3 Å². The number of amides is 2. The SMILES string of the molecule is CCCCNC(=O)C(C)N(Cc1ccccc1Cl)C(=O)CN(c1cc(C)ccc1C)S(=O)(=O)c1ccc(C)cc1. The molecule has 0 saturated heterocycles. The van der Waals surface area contributed by atoms with Crippen molar-refractivity contribution in [3.05, 3.63) is 94.0 Å². The molecule has 3 aromatic rings. The van der Waals surface area contributed by atoms with E-state index in [0.717, 1.165) is 28.3 Å². The van der Waals surface area contributed by atoms with Crippen molar-refractivity contribution in [3.63, 3.8) is 0 Å². The van der Waals surface area contributed by atoms with Gasteiger partial charge in [-0.2, -0.15) is 0 Å². The molecule has 3 aromatic carbocycles. The summed E-state index contributed by atoms with van der Waals surface area (Å²) in [5, 5.41) is 3.34. The van der Waals surface area contributed by atoms with Crippen LogP contribution in [0.2, 0.25) is 5.02 Å². The van der Waals surface area contributed by atoms with E-state index in [1.54, 1.807) is 61.5 Å². The van der Waals surface area contributed by atoms with Crippen molar-refractivity contribution in [3.8, 4) is 0 Å². The molecule has 2 amide bonds. The number of hydrogen-bond acceptors (Lipinski definition) is 4. The molecule has 0 radical (unpaired) electrons. The van der Waals surface area contributed by atoms with Crippen molar-refractivity contribution < 1.29 is 18.0 Å². The molecule has 0 spiro atoms. The van der Waals surface area contributed by atoms with Gasteiger partial charge in [0.1, 0.15) is 12.6 Å². The third kappa shape index (κ3) is 7.64. The Morgan fingerprint density at radius 2 is 1.60 bits per heavy atom. The van der Waals surface area contributed by atoms with Crippen molar-refractivity contribution in [2.75, 3.05) is 17.4 Å². The Balaban J connectivity index is 2.05. The Morgan fingerprint density at radius 1 is 0.950 bits per heavy atom. The molecule has 214 valence electrons. The van der Waals surface area contributed by atoms with Gasteiger partial charge in [0.15, 0.2) is 0 Å². The van der Waals surface area contributed by atoms with Crippen molar-refractivity contribution in [2.24, 2.45) is 0 Å². The average molecular weight is 584 g/mol. The Hall–Kier alpha value is -3.36. The highest BCUT2D eigenvalue weighted by Crippen LogP contribution is 2.29. The second-order valence-corrected chi connectivity index (χ2v) is 12.3. The maximum absolute atomic E-state index is 14.0. The van der Waals surface area contributed by atoms with Gasteiger partial charge < -0.3 is 10.2 Å². The summed E-state index contributed by atoms with van der Waals surface area (Å²) < 4.78 is 29.2. The summed E-state index contributed by atoms with van der Waals surface area (Å²) in [5.41, 5.74) is 3.55. The largest absolute Gasteiger partial charge is 0.354 e. The van der Waals surface area contributed by atoms with Gasteiger partial charge in [-0.15, -0.1) is 0 Å². The molecule has 1 N–H and O–H groups in total. The number of carbonyl (C=O) groups is 2. The summed E-state index contributed by atoms with van der Waals surface area (Å²) in [7, 11) is -4.12. The van der Waals surface area contributed by atoms with Gasteiger partial charge in [-0.05, 0) is 75.1 Å². The lowest BCUT2D eigenvalue weighted by atomic mass is 10.1. The Kier molecular flexibility index (Phi) is 10.8. The van der Waals surface area contributed by atoms with Crippen LogP contribution in [0, 0.1) is 20.8 Å². The number of halogens is 1. The predicted molar refractivity (Wildman–Crippen MR) is 161 cm³/mol. The van der Waals surface area contributed by atoms with Crippen molar-refractivity contribution in [2.45, 2.75) is 64.9 Å². The molecule has 0 aromatic heterocycles. The fourth-order valence-electron chi connectivity index (χ4n) is 4.27. The minimum atomic E-state index is -4.12. The lowest BCUT2D eigenvalue weighted by molar-refractivity contribution is -0.139. The van der Waals surface area contributed by atoms with Crippen LogP contribution in [0.25, 0.3) is 0 Å². The molecule has 0 fully saturated rings. The van der Waals surface area contributed by atoms with Gasteiger partial charge in [0, 0.05) is 18.1 Å². The van der Waals surface area contributed by atoms with Crippen LogP contribution in [0.4, 0.5) is 5.69 Å². The summed E-state index contributed by atoms with van der Waals surface area (Å²) in [5.74, 6) is -0.830. The van der Waals surface area contributed by atoms with Gasteiger partial charge in [0.05, 0.1) is 10.6 Å². The smallest absolute Gasteiger partial charge is 0.264 e. The quantitative estimate of drug-likeness (QED) is 0.273. The highest BCUT2D eigenvalue weighted by Gasteiger charge is 2.33. The molecule has 40 heavy (non-hydrogen) atoms. The van der Waals surface area contributed by atoms with Gasteiger partial charge >= 0.3 is 0 Å². The molecule has 0 aliphatic carbocycles. The third-order valence-corrected chi connectivity index (χ3v) is 8.96. The lowest BCUT2D eigenvalue weighted by Crippen LogP contribution is -2.51. The summed E-state index contributed by atoms with van der Waals surface area (Å²) in [6.45, 7) is 9.28. The first kappa shape index (κ1) is 31.2. The highest BCUT2D eigenvalue weighted by molar-refractivity contribution is 7.92. The summed E-state index contributed by atoms with van der Waals surface area (Å²) in [4.78, 5) is 28.6. The molecule has 1 atom stereocenters. The molecule has 9 heteroatoms. The standard InChI is InChI=1S/C31H38ClN3O4S/c1-6-7-18-33-31(37)25(5)34(20-26-10-8-9-11-28(26)32)30(36)21-35(29-19-23(3)12-15-24(29)4)40(38,39)27-16-13-22(2)14-17-27/h8-17,19,25H,6-7,18,20-21H2,1-5H3,(H,33,37). The Labute approximate surface area is 243 Å². The van der Waals surface area contributed by atoms with E-state index in [9.17, 15) is 18.0 Å². The fraction of sp³-hybridized carbons (Fsp3) is 0.355. The van der Waals surface area contributed by atoms with Crippen molar-refractivity contribution in [1.29, 1.82) is 0 Å². The molecular weight excluding hydrogens is 546 g/mol. The van der Waals surface area contributed by atoms with Crippen LogP contribution in [0.15, 0.2) is 71.6 Å². The van der Waals surface area contributed by atoms with E-state index in [4.69, 9.17) is 11.6 Å². The first-order valence-electron chi connectivity index (χ1n) is 13.4. The van der Waals surface area contributed by atoms with E-state index < -0.39 is 28.5 Å². The number of nitrogens with zero attached hydrogens (tertiary/aromatic N) is 2. The number of carbonyl (C=O) groups excluding carboxylic acids is 2. The minimum absolute atomic E-state index is 0.0477. The number of aryl methyl sites for hydroxylation is 3. The zero-order valence-electron chi connectivity index (χ0n) is 23.8. The predicted octanol–water partition coefficient (Wildman–Crippen LogP) is 5.79. The molecule has 7 nitrogen and oxygen atoms in total. The summed E-state index contributed by atoms with van der Waals surface area (Å²) in [6, 6.07) is 18.3. The van der Waals surface area contributed by atoms with Crippen LogP contribution in [0.5, 0.6) is 0 Å². The summed E-state index contributed by atoms with van der Waals surface area (Å²) in [6.07, 6.45) is 1.73. The van der Waals surface area contributed by atoms with Gasteiger partial charge in [0.25, 0.3) is 10.0 Å². The second-order valence-electron chi connectivity index (χ2n) is 10.0. The van der Waals surface area contributed by atoms with E-state index >= 15 is 0 Å². The van der Waals surface area contributed by atoms with Crippen LogP contribution in [0.3, 0.4) is 0 Å². The monoisotopic (exact) mass is 583 g/mol. The third-order valence-electron chi connectivity index (χ3n) is 6.82. The average Bonchev–Trinajstić information content (AvgIpc) is 2.92. The molecule has 0 bridgehead atoms. The zero-order valence-corrected chi connectivity index (χ0v) is 25.3. The normalized spacial score (nSPS) is 12.1. The number of nitrogens with one attached hydrogen (secondary N) is 1. The van der Waals surface area contributed by atoms with Gasteiger partial charge in [-0.25, -0.2) is 8.42 Å². The van der Waals surface area contributed by atoms with E-state index in [0.29, 0.717) is 28.4 Å². The van der Waals surface area contributed by atoms with Gasteiger partial charge in [-0.1, -0.05) is 73.0 Å². The zero-order chi connectivity index (χ0) is 29.4. The molecule has 0 saturated carbocycles. The van der Waals surface area contributed by atoms with Crippen LogP contribution in [0.1, 0.15) is 48.9 Å². The maximum Gasteiger partial charge on any atom is 0.264 e. The van der Waals surface area contributed by atoms with Crippen molar-refractivity contribution in [1.82, 2.24) is 10.2 Å². The maximum atomic E-state index is 14.0. The van der Waals surface area contributed by atoms with E-state index in [2.05, 4.69) is 5.32 Å². The Morgan fingerprint density at radius 3 is 2.25 bits per heavy atom. The van der Waals surface area contributed by atoms with E-state index in [-0.39, 0.29) is 17.3 Å². The highest BCUT2D eigenvalue weighted by atomic mass is 35.5. The Bertz CT molecular complexity index is 1440. The van der Waals surface area contributed by atoms with Crippen LogP contribution < -0.4 is 9.62 Å². The number of hydrogen-bond donors (Lipinski definition) is 1. The first-order valence-corrected chi connectivity index (χ1v) is 15.2. The van der Waals surface area contributed by atoms with Gasteiger partial charge in [0.2, 0.25) is 11.8 Å². The molecule has 0 aliphatic heterocycles. The number of sulfonamides is 1. The second kappa shape index (κ2) is 13.8. The number of anilines is 1. The topological polar surface area (TPSA) is 86.8 Å². The molecule has 1 unspecified atom stereocenters. The minimum Gasteiger partial charge on any atom is -0.354 e. The van der Waals surface area contributed by atoms with Crippen LogP contribution in [-0.2, 0) is 26.2 Å². The van der Waals surface area contributed by atoms with E-state index in [1.165, 1.54) is 4.90 Å². The summed E-state index contributed by atoms with van der Waals surface area (Å²) >= 11 is 6.42. The van der Waals surface area contributed by atoms with Crippen molar-refractivity contribution >= 4 is 39.1 Å². The number of unbranched alkanes of at least 4 members (excludes halogenated alkanes) is 1. The lowest BCUT2D eigenvalue weighted by Gasteiger charge is -2.32. The molecule has 3 rings (SSSR count). The van der Waals surface area contributed by atoms with Crippen LogP contribution >= 0.6 is 11.6 Å². The molecule has 0 heterocycles. The number of rotatable bonds is 12. The van der Waals surface area contributed by atoms with E-state index in [1.807, 2.05) is 39.8 Å². The number of benzene rings is 3. The molecular formula is C31H38ClN3O4S. The fourth-order valence-corrected chi connectivity index (χ4v) is 5.93.